The number of benzene rings is 1. The topological polar surface area (TPSA) is 61.4 Å². The number of anilines is 1. The number of nitrogens with one attached hydrogen (secondary N) is 2. The van der Waals surface area contributed by atoms with Crippen LogP contribution in [0.3, 0.4) is 0 Å². The maximum atomic E-state index is 12.1. The quantitative estimate of drug-likeness (QED) is 0.741. The average molecular weight is 280 g/mol. The Bertz CT molecular complexity index is 471. The number of aryl methyl sites for hydroxylation is 2. The molecule has 104 valence electrons. The van der Waals surface area contributed by atoms with E-state index in [2.05, 4.69) is 10.9 Å². The molecule has 1 aliphatic rings. The fourth-order valence-electron chi connectivity index (χ4n) is 2.05. The first-order valence-electron chi connectivity index (χ1n) is 6.45. The van der Waals surface area contributed by atoms with Gasteiger partial charge in [-0.3, -0.25) is 15.6 Å². The van der Waals surface area contributed by atoms with E-state index in [0.717, 1.165) is 28.3 Å². The number of carbonyl (C=O) groups excluding carboxylic acids is 1. The normalized spacial score (nSPS) is 17.8. The molecule has 0 aromatic heterocycles. The molecule has 1 heterocycles. The summed E-state index contributed by atoms with van der Waals surface area (Å²) in [5.41, 5.74) is 7.35. The highest BCUT2D eigenvalue weighted by Gasteiger charge is 2.37. The Hall–Kier alpha value is -1.20. The number of carbonyl (C=O) groups is 1. The number of rotatable bonds is 3. The lowest BCUT2D eigenvalue weighted by molar-refractivity contribution is -0.139. The summed E-state index contributed by atoms with van der Waals surface area (Å²) in [6, 6.07) is 5.99. The SMILES string of the molecule is Cc1ccc(C)c(NNC(=O)C2(O)CCSCC2)c1. The van der Waals surface area contributed by atoms with Crippen molar-refractivity contribution in [2.24, 2.45) is 0 Å². The van der Waals surface area contributed by atoms with E-state index in [1.54, 1.807) is 11.8 Å². The summed E-state index contributed by atoms with van der Waals surface area (Å²) in [7, 11) is 0. The van der Waals surface area contributed by atoms with Crippen molar-refractivity contribution in [2.75, 3.05) is 16.9 Å². The summed E-state index contributed by atoms with van der Waals surface area (Å²) < 4.78 is 0. The van der Waals surface area contributed by atoms with Crippen LogP contribution in [-0.4, -0.2) is 28.1 Å². The van der Waals surface area contributed by atoms with Gasteiger partial charge in [0, 0.05) is 0 Å². The van der Waals surface area contributed by atoms with Crippen LogP contribution in [-0.2, 0) is 4.79 Å². The zero-order valence-corrected chi connectivity index (χ0v) is 12.1. The lowest BCUT2D eigenvalue weighted by Crippen LogP contribution is -2.50. The maximum Gasteiger partial charge on any atom is 0.270 e. The molecule has 0 atom stereocenters. The van der Waals surface area contributed by atoms with Crippen molar-refractivity contribution in [1.82, 2.24) is 5.43 Å². The summed E-state index contributed by atoms with van der Waals surface area (Å²) in [4.78, 5) is 12.1. The molecular weight excluding hydrogens is 260 g/mol. The van der Waals surface area contributed by atoms with Gasteiger partial charge in [0.25, 0.3) is 5.91 Å². The van der Waals surface area contributed by atoms with E-state index in [-0.39, 0.29) is 5.91 Å². The first-order chi connectivity index (χ1) is 9.01. The summed E-state index contributed by atoms with van der Waals surface area (Å²) >= 11 is 1.77. The lowest BCUT2D eigenvalue weighted by atomic mass is 9.96. The number of amides is 1. The standard InChI is InChI=1S/C14H20N2O2S/c1-10-3-4-11(2)12(9-10)15-16-13(17)14(18)5-7-19-8-6-14/h3-4,9,15,18H,5-8H2,1-2H3,(H,16,17). The number of thioether (sulfide) groups is 1. The van der Waals surface area contributed by atoms with Crippen LogP contribution < -0.4 is 10.9 Å². The third-order valence-electron chi connectivity index (χ3n) is 3.45. The highest BCUT2D eigenvalue weighted by Crippen LogP contribution is 2.27. The molecule has 3 N–H and O–H groups in total. The minimum atomic E-state index is -1.23. The van der Waals surface area contributed by atoms with Crippen molar-refractivity contribution < 1.29 is 9.90 Å². The summed E-state index contributed by atoms with van der Waals surface area (Å²) in [5.74, 6) is 1.31. The van der Waals surface area contributed by atoms with Crippen LogP contribution in [0.5, 0.6) is 0 Å². The van der Waals surface area contributed by atoms with Crippen molar-refractivity contribution in [3.63, 3.8) is 0 Å². The summed E-state index contributed by atoms with van der Waals surface area (Å²) in [5, 5.41) is 10.3. The second-order valence-corrected chi connectivity index (χ2v) is 6.27. The first kappa shape index (κ1) is 14.2. The molecule has 4 nitrogen and oxygen atoms in total. The van der Waals surface area contributed by atoms with E-state index in [1.807, 2.05) is 32.0 Å². The van der Waals surface area contributed by atoms with Gasteiger partial charge < -0.3 is 5.11 Å². The smallest absolute Gasteiger partial charge is 0.270 e. The minimum Gasteiger partial charge on any atom is -0.380 e. The van der Waals surface area contributed by atoms with Gasteiger partial charge in [0.1, 0.15) is 5.60 Å². The van der Waals surface area contributed by atoms with E-state index in [0.29, 0.717) is 12.8 Å². The van der Waals surface area contributed by atoms with Gasteiger partial charge in [-0.2, -0.15) is 11.8 Å². The van der Waals surface area contributed by atoms with Gasteiger partial charge in [-0.05, 0) is 55.4 Å². The van der Waals surface area contributed by atoms with E-state index in [9.17, 15) is 9.90 Å². The molecule has 0 unspecified atom stereocenters. The van der Waals surface area contributed by atoms with E-state index >= 15 is 0 Å². The molecule has 0 spiro atoms. The summed E-state index contributed by atoms with van der Waals surface area (Å²) in [6.07, 6.45) is 1.02. The van der Waals surface area contributed by atoms with Gasteiger partial charge in [0.2, 0.25) is 0 Å². The predicted octanol–water partition coefficient (Wildman–Crippen LogP) is 2.00. The second-order valence-electron chi connectivity index (χ2n) is 5.04. The average Bonchev–Trinajstić information content (AvgIpc) is 2.40. The largest absolute Gasteiger partial charge is 0.380 e. The Morgan fingerprint density at radius 3 is 2.68 bits per heavy atom. The molecule has 1 aromatic carbocycles. The Morgan fingerprint density at radius 1 is 1.32 bits per heavy atom. The minimum absolute atomic E-state index is 0.339. The molecule has 0 radical (unpaired) electrons. The van der Waals surface area contributed by atoms with Gasteiger partial charge in [-0.25, -0.2) is 0 Å². The van der Waals surface area contributed by atoms with Crippen molar-refractivity contribution in [3.05, 3.63) is 29.3 Å². The third kappa shape index (κ3) is 3.42. The molecule has 19 heavy (non-hydrogen) atoms. The van der Waals surface area contributed by atoms with Gasteiger partial charge in [0.05, 0.1) is 5.69 Å². The Morgan fingerprint density at radius 2 is 2.00 bits per heavy atom. The van der Waals surface area contributed by atoms with Crippen LogP contribution in [0.1, 0.15) is 24.0 Å². The molecule has 1 amide bonds. The number of hydrogen-bond acceptors (Lipinski definition) is 4. The first-order valence-corrected chi connectivity index (χ1v) is 7.60. The van der Waals surface area contributed by atoms with Crippen LogP contribution >= 0.6 is 11.8 Å². The van der Waals surface area contributed by atoms with Gasteiger partial charge in [0.15, 0.2) is 0 Å². The van der Waals surface area contributed by atoms with E-state index < -0.39 is 5.60 Å². The molecule has 0 aliphatic carbocycles. The zero-order chi connectivity index (χ0) is 13.9. The molecule has 1 aromatic rings. The van der Waals surface area contributed by atoms with Crippen LogP contribution in [0, 0.1) is 13.8 Å². The Kier molecular flexibility index (Phi) is 4.37. The lowest BCUT2D eigenvalue weighted by Gasteiger charge is -2.30. The Labute approximate surface area is 117 Å². The molecule has 0 bridgehead atoms. The monoisotopic (exact) mass is 280 g/mol. The van der Waals surface area contributed by atoms with Crippen LogP contribution in [0.15, 0.2) is 18.2 Å². The van der Waals surface area contributed by atoms with Crippen molar-refractivity contribution in [3.8, 4) is 0 Å². The molecule has 1 fully saturated rings. The van der Waals surface area contributed by atoms with Crippen LogP contribution in [0.25, 0.3) is 0 Å². The number of hydrazine groups is 1. The van der Waals surface area contributed by atoms with E-state index in [4.69, 9.17) is 0 Å². The fourth-order valence-corrected chi connectivity index (χ4v) is 3.22. The van der Waals surface area contributed by atoms with Gasteiger partial charge >= 0.3 is 0 Å². The zero-order valence-electron chi connectivity index (χ0n) is 11.3. The Balaban J connectivity index is 1.98. The molecule has 5 heteroatoms. The molecule has 1 saturated heterocycles. The van der Waals surface area contributed by atoms with Crippen molar-refractivity contribution in [1.29, 1.82) is 0 Å². The predicted molar refractivity (Wildman–Crippen MR) is 79.2 cm³/mol. The van der Waals surface area contributed by atoms with Gasteiger partial charge in [-0.15, -0.1) is 0 Å². The maximum absolute atomic E-state index is 12.1. The molecule has 1 aliphatic heterocycles. The third-order valence-corrected chi connectivity index (χ3v) is 4.43. The molecular formula is C14H20N2O2S. The van der Waals surface area contributed by atoms with Crippen molar-refractivity contribution in [2.45, 2.75) is 32.3 Å². The second kappa shape index (κ2) is 5.84. The van der Waals surface area contributed by atoms with Crippen LogP contribution in [0.2, 0.25) is 0 Å². The van der Waals surface area contributed by atoms with Crippen LogP contribution in [0.4, 0.5) is 5.69 Å². The molecule has 2 rings (SSSR count). The highest BCUT2D eigenvalue weighted by molar-refractivity contribution is 7.99. The van der Waals surface area contributed by atoms with Crippen molar-refractivity contribution >= 4 is 23.4 Å². The highest BCUT2D eigenvalue weighted by atomic mass is 32.2. The fraction of sp³-hybridized carbons (Fsp3) is 0.500. The molecule has 0 saturated carbocycles. The number of aliphatic hydroxyl groups is 1. The summed E-state index contributed by atoms with van der Waals surface area (Å²) in [6.45, 7) is 3.97. The van der Waals surface area contributed by atoms with Gasteiger partial charge in [-0.1, -0.05) is 12.1 Å². The number of hydrogen-bond donors (Lipinski definition) is 3. The van der Waals surface area contributed by atoms with E-state index in [1.165, 1.54) is 0 Å².